The van der Waals surface area contributed by atoms with Gasteiger partial charge in [-0.3, -0.25) is 19.2 Å². The maximum Gasteiger partial charge on any atom is 0.310 e. The predicted molar refractivity (Wildman–Crippen MR) is 42.2 cm³/mol. The molecule has 0 radical (unpaired) electrons. The molecule has 0 aromatic carbocycles. The smallest absolute Gasteiger partial charge is 0.310 e. The summed E-state index contributed by atoms with van der Waals surface area (Å²) in [7, 11) is 0. The number of carboxylic acids is 1. The molecule has 0 saturated carbocycles. The van der Waals surface area contributed by atoms with Crippen LogP contribution in [0.25, 0.3) is 0 Å². The lowest BCUT2D eigenvalue weighted by molar-refractivity contribution is -0.140. The van der Waals surface area contributed by atoms with Gasteiger partial charge in [0.15, 0.2) is 5.78 Å². The third-order valence-electron chi connectivity index (χ3n) is 1.19. The molecule has 0 atom stereocenters. The van der Waals surface area contributed by atoms with Gasteiger partial charge in [0.05, 0.1) is 12.8 Å². The molecule has 72 valence electrons. The minimum absolute atomic E-state index is 0.300. The number of Topliss-reactive ketones (excluding diaryl/α,β-unsaturated/α-hetero) is 3. The van der Waals surface area contributed by atoms with Crippen LogP contribution in [-0.4, -0.2) is 28.4 Å². The van der Waals surface area contributed by atoms with Gasteiger partial charge in [-0.2, -0.15) is 0 Å². The molecule has 0 aliphatic rings. The summed E-state index contributed by atoms with van der Waals surface area (Å²) >= 11 is 0. The van der Waals surface area contributed by atoms with Gasteiger partial charge in [-0.15, -0.1) is 0 Å². The van der Waals surface area contributed by atoms with Gasteiger partial charge in [0, 0.05) is 0 Å². The van der Waals surface area contributed by atoms with E-state index in [-0.39, 0.29) is 12.2 Å². The first-order chi connectivity index (χ1) is 5.91. The van der Waals surface area contributed by atoms with Crippen LogP contribution in [0.2, 0.25) is 0 Å². The van der Waals surface area contributed by atoms with Crippen molar-refractivity contribution in [2.45, 2.75) is 26.2 Å². The highest BCUT2D eigenvalue weighted by Crippen LogP contribution is 1.96. The first kappa shape index (κ1) is 11.5. The highest BCUT2D eigenvalue weighted by atomic mass is 16.4. The van der Waals surface area contributed by atoms with E-state index in [0.29, 0.717) is 0 Å². The van der Waals surface area contributed by atoms with Crippen molar-refractivity contribution in [3.05, 3.63) is 0 Å². The molecule has 0 fully saturated rings. The molecule has 0 rings (SSSR count). The predicted octanol–water partition coefficient (Wildman–Crippen LogP) is -0.0315. The van der Waals surface area contributed by atoms with Gasteiger partial charge in [0.1, 0.15) is 18.0 Å². The molecule has 0 heterocycles. The van der Waals surface area contributed by atoms with Gasteiger partial charge in [-0.05, 0) is 6.92 Å². The Morgan fingerprint density at radius 3 is 1.77 bits per heavy atom. The van der Waals surface area contributed by atoms with Crippen molar-refractivity contribution in [1.82, 2.24) is 0 Å². The Hall–Kier alpha value is -1.52. The maximum absolute atomic E-state index is 10.8. The number of hydrogen-bond donors (Lipinski definition) is 1. The summed E-state index contributed by atoms with van der Waals surface area (Å²) in [6.45, 7) is 1.24. The molecule has 13 heavy (non-hydrogen) atoms. The number of aliphatic carboxylic acids is 1. The zero-order chi connectivity index (χ0) is 10.4. The van der Waals surface area contributed by atoms with E-state index in [2.05, 4.69) is 0 Å². The molecule has 5 heteroatoms. The van der Waals surface area contributed by atoms with E-state index in [4.69, 9.17) is 5.11 Å². The molecule has 0 aliphatic carbocycles. The van der Waals surface area contributed by atoms with Crippen molar-refractivity contribution >= 4 is 23.3 Å². The Balaban J connectivity index is 3.85. The van der Waals surface area contributed by atoms with E-state index < -0.39 is 30.4 Å². The first-order valence-electron chi connectivity index (χ1n) is 3.66. The Morgan fingerprint density at radius 2 is 1.38 bits per heavy atom. The van der Waals surface area contributed by atoms with E-state index >= 15 is 0 Å². The van der Waals surface area contributed by atoms with Crippen LogP contribution < -0.4 is 0 Å². The topological polar surface area (TPSA) is 88.5 Å². The molecule has 0 spiro atoms. The van der Waals surface area contributed by atoms with Crippen LogP contribution in [0, 0.1) is 0 Å². The van der Waals surface area contributed by atoms with E-state index in [1.807, 2.05) is 0 Å². The lowest BCUT2D eigenvalue weighted by Gasteiger charge is -1.95. The molecule has 0 aromatic heterocycles. The summed E-state index contributed by atoms with van der Waals surface area (Å²) in [4.78, 5) is 42.0. The highest BCUT2D eigenvalue weighted by Gasteiger charge is 2.13. The summed E-state index contributed by atoms with van der Waals surface area (Å²) in [5.74, 6) is -2.79. The molecule has 0 unspecified atom stereocenters. The van der Waals surface area contributed by atoms with Gasteiger partial charge >= 0.3 is 5.97 Å². The fourth-order valence-electron chi connectivity index (χ4n) is 0.791. The second-order valence-corrected chi connectivity index (χ2v) is 2.70. The Bertz CT molecular complexity index is 227. The van der Waals surface area contributed by atoms with Crippen LogP contribution in [0.4, 0.5) is 0 Å². The number of hydrogen-bond acceptors (Lipinski definition) is 4. The zero-order valence-electron chi connectivity index (χ0n) is 7.20. The molecule has 0 amide bonds. The fraction of sp³-hybridized carbons (Fsp3) is 0.500. The van der Waals surface area contributed by atoms with Gasteiger partial charge in [0.25, 0.3) is 0 Å². The quantitative estimate of drug-likeness (QED) is 0.588. The number of ketones is 3. The van der Waals surface area contributed by atoms with Crippen LogP contribution in [0.15, 0.2) is 0 Å². The average molecular weight is 186 g/mol. The van der Waals surface area contributed by atoms with E-state index in [1.54, 1.807) is 0 Å². The summed E-state index contributed by atoms with van der Waals surface area (Å²) in [6, 6.07) is 0. The maximum atomic E-state index is 10.8. The third kappa shape index (κ3) is 6.86. The van der Waals surface area contributed by atoms with Crippen LogP contribution in [-0.2, 0) is 19.2 Å². The van der Waals surface area contributed by atoms with Gasteiger partial charge in [0.2, 0.25) is 0 Å². The lowest BCUT2D eigenvalue weighted by atomic mass is 10.1. The molecule has 1 N–H and O–H groups in total. The minimum atomic E-state index is -1.26. The van der Waals surface area contributed by atoms with Gasteiger partial charge in [-0.1, -0.05) is 0 Å². The van der Waals surface area contributed by atoms with Crippen molar-refractivity contribution < 1.29 is 24.3 Å². The summed E-state index contributed by atoms with van der Waals surface area (Å²) in [5, 5.41) is 8.18. The van der Waals surface area contributed by atoms with Crippen molar-refractivity contribution in [3.8, 4) is 0 Å². The normalized spacial score (nSPS) is 9.31. The number of carbonyl (C=O) groups excluding carboxylic acids is 3. The third-order valence-corrected chi connectivity index (χ3v) is 1.19. The van der Waals surface area contributed by atoms with Crippen molar-refractivity contribution in [3.63, 3.8) is 0 Å². The largest absolute Gasteiger partial charge is 0.481 e. The summed E-state index contributed by atoms with van der Waals surface area (Å²) < 4.78 is 0. The van der Waals surface area contributed by atoms with Gasteiger partial charge in [-0.25, -0.2) is 0 Å². The van der Waals surface area contributed by atoms with Crippen LogP contribution in [0.3, 0.4) is 0 Å². The number of rotatable bonds is 6. The molecule has 0 saturated heterocycles. The van der Waals surface area contributed by atoms with Crippen molar-refractivity contribution in [1.29, 1.82) is 0 Å². The average Bonchev–Trinajstić information content (AvgIpc) is 1.80. The monoisotopic (exact) mass is 186 g/mol. The lowest BCUT2D eigenvalue weighted by Crippen LogP contribution is -2.13. The van der Waals surface area contributed by atoms with Crippen LogP contribution in [0.5, 0.6) is 0 Å². The fourth-order valence-corrected chi connectivity index (χ4v) is 0.791. The van der Waals surface area contributed by atoms with Gasteiger partial charge < -0.3 is 5.11 Å². The van der Waals surface area contributed by atoms with Crippen molar-refractivity contribution in [2.24, 2.45) is 0 Å². The zero-order valence-corrected chi connectivity index (χ0v) is 7.20. The first-order valence-corrected chi connectivity index (χ1v) is 3.66. The highest BCUT2D eigenvalue weighted by molar-refractivity contribution is 6.09. The molecular formula is C8H10O5. The molecule has 0 aromatic rings. The van der Waals surface area contributed by atoms with E-state index in [1.165, 1.54) is 6.92 Å². The molecular weight excluding hydrogens is 176 g/mol. The summed E-state index contributed by atoms with van der Waals surface area (Å²) in [5.41, 5.74) is 0. The van der Waals surface area contributed by atoms with E-state index in [9.17, 15) is 19.2 Å². The van der Waals surface area contributed by atoms with Crippen LogP contribution >= 0.6 is 0 Å². The Labute approximate surface area is 74.7 Å². The van der Waals surface area contributed by atoms with E-state index in [0.717, 1.165) is 0 Å². The Kier molecular flexibility index (Phi) is 4.58. The van der Waals surface area contributed by atoms with Crippen molar-refractivity contribution in [2.75, 3.05) is 0 Å². The SMILES string of the molecule is CC(=O)CC(=O)CC(=O)CC(=O)O. The number of carbonyl (C=O) groups is 4. The molecule has 0 aliphatic heterocycles. The summed E-state index contributed by atoms with van der Waals surface area (Å²) in [6.07, 6.45) is -1.43. The standard InChI is InChI=1S/C8H10O5/c1-5(9)2-6(10)3-7(11)4-8(12)13/h2-4H2,1H3,(H,12,13). The number of carboxylic acid groups (broad SMARTS) is 1. The Morgan fingerprint density at radius 1 is 0.923 bits per heavy atom. The minimum Gasteiger partial charge on any atom is -0.481 e. The molecule has 0 bridgehead atoms. The van der Waals surface area contributed by atoms with Crippen LogP contribution in [0.1, 0.15) is 26.2 Å². The molecule has 5 nitrogen and oxygen atoms in total. The second kappa shape index (κ2) is 5.18. The second-order valence-electron chi connectivity index (χ2n) is 2.70.